The van der Waals surface area contributed by atoms with Gasteiger partial charge in [-0.25, -0.2) is 0 Å². The summed E-state index contributed by atoms with van der Waals surface area (Å²) >= 11 is 0. The fraction of sp³-hybridized carbons (Fsp3) is 0. The summed E-state index contributed by atoms with van der Waals surface area (Å²) < 4.78 is 0. The molecule has 0 unspecified atom stereocenters. The van der Waals surface area contributed by atoms with E-state index in [1.54, 1.807) is 0 Å². The van der Waals surface area contributed by atoms with Crippen molar-refractivity contribution in [2.45, 2.75) is 0 Å². The number of rotatable bonds is 0. The van der Waals surface area contributed by atoms with Gasteiger partial charge in [-0.3, -0.25) is 0 Å². The van der Waals surface area contributed by atoms with Crippen molar-refractivity contribution in [1.29, 1.82) is 0 Å². The molecule has 0 aliphatic carbocycles. The molecule has 0 heterocycles. The van der Waals surface area contributed by atoms with E-state index in [0.717, 1.165) is 0 Å². The molecule has 0 radical (unpaired) electrons. The van der Waals surface area contributed by atoms with Crippen LogP contribution in [0.3, 0.4) is 0 Å². The first-order valence-corrected chi connectivity index (χ1v) is 0.548. The first-order chi connectivity index (χ1) is 1.73. The molecule has 5 nitrogen and oxygen atoms in total. The summed E-state index contributed by atoms with van der Waals surface area (Å²) in [7, 11) is 0. The molecule has 3 N–H and O–H groups in total. The van der Waals surface area contributed by atoms with Gasteiger partial charge in [-0.1, -0.05) is 0 Å². The summed E-state index contributed by atoms with van der Waals surface area (Å²) in [6, 6.07) is 0. The third kappa shape index (κ3) is 283. The van der Waals surface area contributed by atoms with Crippen LogP contribution in [0.2, 0.25) is 0 Å². The van der Waals surface area contributed by atoms with E-state index in [9.17, 15) is 0 Å². The predicted molar refractivity (Wildman–Crippen MR) is 21.1 cm³/mol. The molecule has 0 aromatic carbocycles. The average molecular weight is 106 g/mol. The molecule has 0 bridgehead atoms. The third-order valence-corrected chi connectivity index (χ3v) is 0. The summed E-state index contributed by atoms with van der Waals surface area (Å²) in [6.45, 7) is 0. The van der Waals surface area contributed by atoms with Crippen molar-refractivity contribution in [3.63, 3.8) is 0 Å². The van der Waals surface area contributed by atoms with E-state index in [4.69, 9.17) is 15.3 Å². The molecular formula is H3AlN2O3+2. The second-order valence-electron chi connectivity index (χ2n) is 0.224. The van der Waals surface area contributed by atoms with E-state index >= 15 is 0 Å². The second kappa shape index (κ2) is 8.83. The monoisotopic (exact) mass is 106 g/mol. The Labute approximate surface area is 44.8 Å². The van der Waals surface area contributed by atoms with Gasteiger partial charge >= 0.3 is 17.4 Å². The average Bonchev–Trinajstić information content (AvgIpc) is 0.811. The molecule has 0 atom stereocenters. The fourth-order valence-corrected chi connectivity index (χ4v) is 0. The van der Waals surface area contributed by atoms with Crippen LogP contribution >= 0.6 is 0 Å². The van der Waals surface area contributed by atoms with Crippen LogP contribution in [0.15, 0.2) is 0 Å². The molecule has 32 valence electrons. The maximum atomic E-state index is 8.25. The first kappa shape index (κ1) is 17.3. The van der Waals surface area contributed by atoms with Gasteiger partial charge in [-0.05, 0) is 0 Å². The van der Waals surface area contributed by atoms with Crippen LogP contribution in [0.25, 0.3) is 0 Å². The molecule has 0 saturated carbocycles. The molecule has 0 aliphatic heterocycles. The Morgan fingerprint density at radius 2 is 1.33 bits per heavy atom. The molecule has 0 spiro atoms. The third-order valence-electron chi connectivity index (χ3n) is 0. The minimum absolute atomic E-state index is 0. The second-order valence-corrected chi connectivity index (χ2v) is 0.224. The van der Waals surface area contributed by atoms with E-state index < -0.39 is 5.09 Å². The van der Waals surface area contributed by atoms with Crippen LogP contribution in [0.4, 0.5) is 0 Å². The van der Waals surface area contributed by atoms with Gasteiger partial charge in [0.25, 0.3) is 0 Å². The van der Waals surface area contributed by atoms with Crippen molar-refractivity contribution in [2.75, 3.05) is 0 Å². The summed E-state index contributed by atoms with van der Waals surface area (Å²) in [4.78, 5) is 8.25. The van der Waals surface area contributed by atoms with Crippen molar-refractivity contribution >= 4 is 17.4 Å². The maximum Gasteiger partial charge on any atom is 3.00 e. The Morgan fingerprint density at radius 1 is 1.33 bits per heavy atom. The Morgan fingerprint density at radius 3 is 1.33 bits per heavy atom. The zero-order chi connectivity index (χ0) is 3.58. The van der Waals surface area contributed by atoms with Crippen LogP contribution in [-0.4, -0.2) is 22.4 Å². The van der Waals surface area contributed by atoms with Crippen LogP contribution in [0, 0.1) is 15.3 Å². The molecule has 0 aromatic rings. The van der Waals surface area contributed by atoms with Gasteiger partial charge in [0.1, 0.15) is 0 Å². The van der Waals surface area contributed by atoms with Crippen molar-refractivity contribution in [3.8, 4) is 0 Å². The van der Waals surface area contributed by atoms with Crippen molar-refractivity contribution in [3.05, 3.63) is 15.3 Å². The van der Waals surface area contributed by atoms with Gasteiger partial charge < -0.3 is 21.5 Å². The predicted octanol–water partition coefficient (Wildman–Crippen LogP) is -0.458. The van der Waals surface area contributed by atoms with Crippen LogP contribution < -0.4 is 6.15 Å². The topological polar surface area (TPSA) is 101 Å². The Hall–Kier alpha value is -0.308. The molecule has 0 fully saturated rings. The summed E-state index contributed by atoms with van der Waals surface area (Å²) in [5.41, 5.74) is 0. The summed E-state index contributed by atoms with van der Waals surface area (Å²) in [6.07, 6.45) is 0. The zero-order valence-electron chi connectivity index (χ0n) is 2.96. The maximum absolute atomic E-state index is 8.25. The minimum Gasteiger partial charge on any atom is -0.356 e. The smallest absolute Gasteiger partial charge is 0.356 e. The van der Waals surface area contributed by atoms with Gasteiger partial charge in [0.15, 0.2) is 0 Å². The molecule has 6 heteroatoms. The largest absolute Gasteiger partial charge is 3.00 e. The molecule has 0 rings (SSSR count). The molecular weight excluding hydrogens is 103 g/mol. The van der Waals surface area contributed by atoms with Gasteiger partial charge in [0.05, 0.1) is 5.09 Å². The summed E-state index contributed by atoms with van der Waals surface area (Å²) in [5.74, 6) is 0. The van der Waals surface area contributed by atoms with E-state index in [-0.39, 0.29) is 23.5 Å². The van der Waals surface area contributed by atoms with E-state index in [0.29, 0.717) is 0 Å². The molecule has 0 amide bonds. The van der Waals surface area contributed by atoms with Gasteiger partial charge in [-0.2, -0.15) is 0 Å². The number of nitrogens with zero attached hydrogens (tertiary/aromatic N) is 1. The molecule has 0 aliphatic rings. The van der Waals surface area contributed by atoms with Crippen molar-refractivity contribution in [2.24, 2.45) is 0 Å². The van der Waals surface area contributed by atoms with Gasteiger partial charge in [-0.15, -0.1) is 0 Å². The SMILES string of the molecule is N.O=[N+]([O-])[O-].[Al+3]. The van der Waals surface area contributed by atoms with Crippen LogP contribution in [-0.2, 0) is 0 Å². The van der Waals surface area contributed by atoms with Crippen LogP contribution in [0.5, 0.6) is 0 Å². The van der Waals surface area contributed by atoms with Gasteiger partial charge in [0, 0.05) is 0 Å². The van der Waals surface area contributed by atoms with Crippen molar-refractivity contribution in [1.82, 2.24) is 6.15 Å². The Balaban J connectivity index is -0.0000000450. The quantitative estimate of drug-likeness (QED) is 0.256. The fourth-order valence-electron chi connectivity index (χ4n) is 0. The Kier molecular flexibility index (Phi) is 25.4. The standard InChI is InChI=1S/Al.NO3.H3N/c;2-1(3)4;/h;;1H3/q+3;-1;. The first-order valence-electron chi connectivity index (χ1n) is 0.548. The number of hydrogen-bond acceptors (Lipinski definition) is 4. The zero-order valence-corrected chi connectivity index (χ0v) is 4.11. The summed E-state index contributed by atoms with van der Waals surface area (Å²) in [5, 5.41) is 14.8. The number of hydrogen-bond donors (Lipinski definition) is 1. The van der Waals surface area contributed by atoms with Crippen molar-refractivity contribution < 1.29 is 5.09 Å². The van der Waals surface area contributed by atoms with E-state index in [1.807, 2.05) is 0 Å². The van der Waals surface area contributed by atoms with E-state index in [2.05, 4.69) is 0 Å². The molecule has 0 saturated heterocycles. The van der Waals surface area contributed by atoms with E-state index in [1.165, 1.54) is 0 Å². The van der Waals surface area contributed by atoms with Crippen LogP contribution in [0.1, 0.15) is 0 Å². The normalized spacial score (nSPS) is 4.00. The minimum atomic E-state index is -1.75. The molecule has 0 aromatic heterocycles. The van der Waals surface area contributed by atoms with Gasteiger partial charge in [0.2, 0.25) is 0 Å². The molecule has 6 heavy (non-hydrogen) atoms. The Bertz CT molecular complexity index is 31.8.